The number of nitrogens with zero attached hydrogens (tertiary/aromatic N) is 2. The van der Waals surface area contributed by atoms with Crippen molar-refractivity contribution in [3.8, 4) is 0 Å². The van der Waals surface area contributed by atoms with Crippen molar-refractivity contribution < 1.29 is 13.6 Å². The van der Waals surface area contributed by atoms with Crippen LogP contribution in [0.3, 0.4) is 0 Å². The molecule has 2 aromatic rings. The fraction of sp³-hybridized carbons (Fsp3) is 0.235. The predicted octanol–water partition coefficient (Wildman–Crippen LogP) is 4.63. The SMILES string of the molecule is O=C(Nc1c(F)cccc1F)N1CCN(c2cc(Cl)cc(Cl)c2)CC1. The summed E-state index contributed by atoms with van der Waals surface area (Å²) < 4.78 is 27.3. The largest absolute Gasteiger partial charge is 0.368 e. The first-order valence-electron chi connectivity index (χ1n) is 7.65. The van der Waals surface area contributed by atoms with Crippen LogP contribution < -0.4 is 10.2 Å². The number of nitrogens with one attached hydrogen (secondary N) is 1. The van der Waals surface area contributed by atoms with Crippen LogP contribution in [0.1, 0.15) is 0 Å². The van der Waals surface area contributed by atoms with E-state index < -0.39 is 23.4 Å². The first-order chi connectivity index (χ1) is 11.9. The number of urea groups is 1. The summed E-state index contributed by atoms with van der Waals surface area (Å²) in [7, 11) is 0. The quantitative estimate of drug-likeness (QED) is 0.817. The van der Waals surface area contributed by atoms with E-state index in [1.54, 1.807) is 18.2 Å². The number of carbonyl (C=O) groups excluding carboxylic acids is 1. The number of anilines is 2. The van der Waals surface area contributed by atoms with Gasteiger partial charge in [0.15, 0.2) is 0 Å². The van der Waals surface area contributed by atoms with Crippen molar-refractivity contribution in [1.82, 2.24) is 4.90 Å². The summed E-state index contributed by atoms with van der Waals surface area (Å²) in [6, 6.07) is 8.16. The average molecular weight is 386 g/mol. The number of rotatable bonds is 2. The lowest BCUT2D eigenvalue weighted by Crippen LogP contribution is -2.50. The van der Waals surface area contributed by atoms with Gasteiger partial charge in [0, 0.05) is 41.9 Å². The molecule has 1 fully saturated rings. The van der Waals surface area contributed by atoms with Gasteiger partial charge in [-0.3, -0.25) is 0 Å². The van der Waals surface area contributed by atoms with Crippen molar-refractivity contribution in [2.75, 3.05) is 36.4 Å². The third kappa shape index (κ3) is 4.14. The smallest absolute Gasteiger partial charge is 0.322 e. The number of carbonyl (C=O) groups is 1. The summed E-state index contributed by atoms with van der Waals surface area (Å²) in [6.45, 7) is 1.94. The number of halogens is 4. The van der Waals surface area contributed by atoms with Crippen LogP contribution in [-0.2, 0) is 0 Å². The van der Waals surface area contributed by atoms with Crippen molar-refractivity contribution >= 4 is 40.6 Å². The lowest BCUT2D eigenvalue weighted by Gasteiger charge is -2.36. The molecule has 3 rings (SSSR count). The molecule has 0 aromatic heterocycles. The molecule has 0 saturated carbocycles. The molecule has 2 amide bonds. The van der Waals surface area contributed by atoms with Crippen LogP contribution in [-0.4, -0.2) is 37.1 Å². The highest BCUT2D eigenvalue weighted by Gasteiger charge is 2.23. The Morgan fingerprint density at radius 3 is 2.08 bits per heavy atom. The standard InChI is InChI=1S/C17H15Cl2F2N3O/c18-11-8-12(19)10-13(9-11)23-4-6-24(7-5-23)17(25)22-16-14(20)2-1-3-15(16)21/h1-3,8-10H,4-7H2,(H,22,25). The first kappa shape index (κ1) is 17.8. The van der Waals surface area contributed by atoms with E-state index in [1.807, 2.05) is 4.90 Å². The minimum Gasteiger partial charge on any atom is -0.368 e. The second-order valence-corrected chi connectivity index (χ2v) is 6.50. The maximum absolute atomic E-state index is 13.6. The Kier molecular flexibility index (Phi) is 5.30. The summed E-state index contributed by atoms with van der Waals surface area (Å²) in [4.78, 5) is 15.8. The molecule has 2 aromatic carbocycles. The highest BCUT2D eigenvalue weighted by molar-refractivity contribution is 6.35. The number of benzene rings is 2. The Morgan fingerprint density at radius 1 is 0.960 bits per heavy atom. The molecule has 1 saturated heterocycles. The lowest BCUT2D eigenvalue weighted by atomic mass is 10.2. The Morgan fingerprint density at radius 2 is 1.52 bits per heavy atom. The van der Waals surface area contributed by atoms with Gasteiger partial charge in [-0.15, -0.1) is 0 Å². The molecular formula is C17H15Cl2F2N3O. The summed E-state index contributed by atoms with van der Waals surface area (Å²) in [6.07, 6.45) is 0. The average Bonchev–Trinajstić information content (AvgIpc) is 2.57. The zero-order valence-electron chi connectivity index (χ0n) is 13.1. The fourth-order valence-corrected chi connectivity index (χ4v) is 3.21. The number of para-hydroxylation sites is 1. The van der Waals surface area contributed by atoms with Crippen molar-refractivity contribution in [3.05, 3.63) is 58.1 Å². The Hall–Kier alpha value is -2.05. The highest BCUT2D eigenvalue weighted by atomic mass is 35.5. The van der Waals surface area contributed by atoms with Crippen molar-refractivity contribution in [2.45, 2.75) is 0 Å². The van der Waals surface area contributed by atoms with E-state index in [9.17, 15) is 13.6 Å². The Bertz CT molecular complexity index is 755. The van der Waals surface area contributed by atoms with Crippen LogP contribution in [0.25, 0.3) is 0 Å². The topological polar surface area (TPSA) is 35.6 Å². The van der Waals surface area contributed by atoms with Gasteiger partial charge in [0.2, 0.25) is 0 Å². The molecule has 1 aliphatic heterocycles. The molecule has 1 heterocycles. The van der Waals surface area contributed by atoms with Crippen LogP contribution in [0.5, 0.6) is 0 Å². The monoisotopic (exact) mass is 385 g/mol. The maximum Gasteiger partial charge on any atom is 0.322 e. The summed E-state index contributed by atoms with van der Waals surface area (Å²) in [5.41, 5.74) is 0.439. The number of hydrogen-bond donors (Lipinski definition) is 1. The number of hydrogen-bond acceptors (Lipinski definition) is 2. The van der Waals surface area contributed by atoms with Gasteiger partial charge in [-0.25, -0.2) is 13.6 Å². The van der Waals surface area contributed by atoms with E-state index in [0.29, 0.717) is 36.2 Å². The summed E-state index contributed by atoms with van der Waals surface area (Å²) in [5.74, 6) is -1.61. The van der Waals surface area contributed by atoms with Gasteiger partial charge in [0.25, 0.3) is 0 Å². The van der Waals surface area contributed by atoms with Crippen molar-refractivity contribution in [2.24, 2.45) is 0 Å². The van der Waals surface area contributed by atoms with Crippen LogP contribution in [0.4, 0.5) is 25.0 Å². The van der Waals surface area contributed by atoms with Crippen LogP contribution >= 0.6 is 23.2 Å². The van der Waals surface area contributed by atoms with Crippen LogP contribution in [0.2, 0.25) is 10.0 Å². The minimum atomic E-state index is -0.805. The third-order valence-corrected chi connectivity index (χ3v) is 4.41. The zero-order chi connectivity index (χ0) is 18.0. The van der Waals surface area contributed by atoms with Gasteiger partial charge in [0.05, 0.1) is 0 Å². The van der Waals surface area contributed by atoms with E-state index in [2.05, 4.69) is 5.32 Å². The van der Waals surface area contributed by atoms with E-state index in [0.717, 1.165) is 17.8 Å². The Labute approximate surface area is 153 Å². The van der Waals surface area contributed by atoms with E-state index >= 15 is 0 Å². The van der Waals surface area contributed by atoms with Crippen LogP contribution in [0.15, 0.2) is 36.4 Å². The van der Waals surface area contributed by atoms with Crippen molar-refractivity contribution in [3.63, 3.8) is 0 Å². The molecule has 1 N–H and O–H groups in total. The molecule has 4 nitrogen and oxygen atoms in total. The summed E-state index contributed by atoms with van der Waals surface area (Å²) >= 11 is 12.0. The summed E-state index contributed by atoms with van der Waals surface area (Å²) in [5, 5.41) is 3.38. The number of piperazine rings is 1. The minimum absolute atomic E-state index is 0.409. The number of amides is 2. The van der Waals surface area contributed by atoms with Gasteiger partial charge < -0.3 is 15.1 Å². The molecule has 0 aliphatic carbocycles. The molecule has 0 bridgehead atoms. The van der Waals surface area contributed by atoms with Gasteiger partial charge in [0.1, 0.15) is 17.3 Å². The third-order valence-electron chi connectivity index (χ3n) is 3.97. The zero-order valence-corrected chi connectivity index (χ0v) is 14.6. The van der Waals surface area contributed by atoms with Gasteiger partial charge in [-0.2, -0.15) is 0 Å². The van der Waals surface area contributed by atoms with Gasteiger partial charge in [-0.1, -0.05) is 29.3 Å². The van der Waals surface area contributed by atoms with E-state index in [1.165, 1.54) is 11.0 Å². The van der Waals surface area contributed by atoms with Crippen LogP contribution in [0, 0.1) is 11.6 Å². The molecule has 25 heavy (non-hydrogen) atoms. The molecule has 132 valence electrons. The van der Waals surface area contributed by atoms with Gasteiger partial charge in [-0.05, 0) is 30.3 Å². The highest BCUT2D eigenvalue weighted by Crippen LogP contribution is 2.26. The predicted molar refractivity (Wildman–Crippen MR) is 95.6 cm³/mol. The second kappa shape index (κ2) is 7.45. The molecule has 0 unspecified atom stereocenters. The fourth-order valence-electron chi connectivity index (χ4n) is 2.69. The molecule has 8 heteroatoms. The molecule has 0 radical (unpaired) electrons. The second-order valence-electron chi connectivity index (χ2n) is 5.63. The van der Waals surface area contributed by atoms with E-state index in [-0.39, 0.29) is 0 Å². The normalized spacial score (nSPS) is 14.6. The molecule has 0 spiro atoms. The Balaban J connectivity index is 1.63. The molecular weight excluding hydrogens is 371 g/mol. The van der Waals surface area contributed by atoms with Gasteiger partial charge >= 0.3 is 6.03 Å². The van der Waals surface area contributed by atoms with E-state index in [4.69, 9.17) is 23.2 Å². The van der Waals surface area contributed by atoms with Crippen molar-refractivity contribution in [1.29, 1.82) is 0 Å². The lowest BCUT2D eigenvalue weighted by molar-refractivity contribution is 0.208. The first-order valence-corrected chi connectivity index (χ1v) is 8.40. The molecule has 1 aliphatic rings. The maximum atomic E-state index is 13.6. The molecule has 0 atom stereocenters.